The van der Waals surface area contributed by atoms with Crippen molar-refractivity contribution in [2.24, 2.45) is 0 Å². The standard InChI is InChI=1S/C14H15ClO2/c1-4-6-10(5-2)12-8-11(14(16)17)7-9(3)13(12)15/h4-8H,1-3H3,(H,16,17)/b6-4-,10-5+. The summed E-state index contributed by atoms with van der Waals surface area (Å²) in [5, 5.41) is 9.63. The van der Waals surface area contributed by atoms with Crippen LogP contribution in [0.1, 0.15) is 35.3 Å². The van der Waals surface area contributed by atoms with Crippen molar-refractivity contribution in [2.45, 2.75) is 20.8 Å². The van der Waals surface area contributed by atoms with E-state index in [2.05, 4.69) is 0 Å². The van der Waals surface area contributed by atoms with Crippen molar-refractivity contribution in [1.82, 2.24) is 0 Å². The smallest absolute Gasteiger partial charge is 0.335 e. The zero-order valence-electron chi connectivity index (χ0n) is 10.1. The molecule has 0 aliphatic rings. The minimum atomic E-state index is -0.943. The van der Waals surface area contributed by atoms with E-state index >= 15 is 0 Å². The average Bonchev–Trinajstić information content (AvgIpc) is 2.29. The molecule has 0 aromatic heterocycles. The molecule has 3 heteroatoms. The SMILES string of the molecule is C/C=C\C(=C/C)c1cc(C(=O)O)cc(C)c1Cl. The first-order valence-corrected chi connectivity index (χ1v) is 5.71. The molecule has 0 saturated carbocycles. The lowest BCUT2D eigenvalue weighted by Crippen LogP contribution is -1.99. The molecule has 0 fully saturated rings. The zero-order valence-corrected chi connectivity index (χ0v) is 10.9. The van der Waals surface area contributed by atoms with Crippen LogP contribution in [0.4, 0.5) is 0 Å². The molecule has 0 aliphatic heterocycles. The largest absolute Gasteiger partial charge is 0.478 e. The van der Waals surface area contributed by atoms with Gasteiger partial charge >= 0.3 is 5.97 Å². The lowest BCUT2D eigenvalue weighted by atomic mass is 9.99. The van der Waals surface area contributed by atoms with E-state index in [0.29, 0.717) is 5.02 Å². The molecule has 0 radical (unpaired) electrons. The first kappa shape index (κ1) is 13.5. The molecule has 0 saturated heterocycles. The number of carboxylic acid groups (broad SMARTS) is 1. The number of allylic oxidation sites excluding steroid dienone is 4. The third-order valence-electron chi connectivity index (χ3n) is 2.47. The topological polar surface area (TPSA) is 37.3 Å². The van der Waals surface area contributed by atoms with Gasteiger partial charge in [-0.2, -0.15) is 0 Å². The van der Waals surface area contributed by atoms with Gasteiger partial charge in [-0.1, -0.05) is 29.8 Å². The first-order valence-electron chi connectivity index (χ1n) is 5.34. The Hall–Kier alpha value is -1.54. The van der Waals surface area contributed by atoms with Crippen LogP contribution in [0, 0.1) is 6.92 Å². The summed E-state index contributed by atoms with van der Waals surface area (Å²) in [6, 6.07) is 3.18. The van der Waals surface area contributed by atoms with Crippen LogP contribution < -0.4 is 0 Å². The molecular weight excluding hydrogens is 236 g/mol. The highest BCUT2D eigenvalue weighted by molar-refractivity contribution is 6.33. The minimum absolute atomic E-state index is 0.255. The van der Waals surface area contributed by atoms with Gasteiger partial charge in [-0.25, -0.2) is 4.79 Å². The maximum atomic E-state index is 11.0. The van der Waals surface area contributed by atoms with Gasteiger partial charge in [0.25, 0.3) is 0 Å². The van der Waals surface area contributed by atoms with E-state index in [1.807, 2.05) is 32.1 Å². The Morgan fingerprint density at radius 1 is 1.35 bits per heavy atom. The summed E-state index contributed by atoms with van der Waals surface area (Å²) in [7, 11) is 0. The Balaban J connectivity index is 3.46. The molecule has 1 rings (SSSR count). The molecule has 0 aliphatic carbocycles. The van der Waals surface area contributed by atoms with E-state index in [1.165, 1.54) is 0 Å². The third kappa shape index (κ3) is 2.98. The van der Waals surface area contributed by atoms with Crippen LogP contribution in [-0.4, -0.2) is 11.1 Å². The number of halogens is 1. The molecule has 90 valence electrons. The van der Waals surface area contributed by atoms with Crippen molar-refractivity contribution < 1.29 is 9.90 Å². The number of aryl methyl sites for hydroxylation is 1. The van der Waals surface area contributed by atoms with Crippen molar-refractivity contribution in [1.29, 1.82) is 0 Å². The second-order valence-electron chi connectivity index (χ2n) is 3.70. The number of rotatable bonds is 3. The molecule has 1 N–H and O–H groups in total. The van der Waals surface area contributed by atoms with E-state index < -0.39 is 5.97 Å². The highest BCUT2D eigenvalue weighted by atomic mass is 35.5. The van der Waals surface area contributed by atoms with Crippen LogP contribution in [0.2, 0.25) is 5.02 Å². The second kappa shape index (κ2) is 5.69. The molecule has 0 unspecified atom stereocenters. The predicted octanol–water partition coefficient (Wildman–Crippen LogP) is 4.33. The molecule has 1 aromatic rings. The number of hydrogen-bond acceptors (Lipinski definition) is 1. The number of benzene rings is 1. The number of hydrogen-bond donors (Lipinski definition) is 1. The first-order chi connectivity index (χ1) is 8.01. The Bertz CT molecular complexity index is 499. The van der Waals surface area contributed by atoms with Crippen molar-refractivity contribution in [3.05, 3.63) is 52.1 Å². The lowest BCUT2D eigenvalue weighted by molar-refractivity contribution is 0.0697. The Morgan fingerprint density at radius 3 is 2.47 bits per heavy atom. The van der Waals surface area contributed by atoms with Gasteiger partial charge < -0.3 is 5.11 Å². The predicted molar refractivity (Wildman–Crippen MR) is 71.6 cm³/mol. The summed E-state index contributed by atoms with van der Waals surface area (Å²) in [4.78, 5) is 11.0. The van der Waals surface area contributed by atoms with Gasteiger partial charge in [-0.05, 0) is 44.0 Å². The molecule has 0 spiro atoms. The van der Waals surface area contributed by atoms with Gasteiger partial charge in [-0.3, -0.25) is 0 Å². The summed E-state index contributed by atoms with van der Waals surface area (Å²) in [5.41, 5.74) is 2.70. The van der Waals surface area contributed by atoms with Crippen LogP contribution in [-0.2, 0) is 0 Å². The summed E-state index contributed by atoms with van der Waals surface area (Å²) in [5.74, 6) is -0.943. The van der Waals surface area contributed by atoms with Gasteiger partial charge in [0, 0.05) is 5.56 Å². The average molecular weight is 251 g/mol. The quantitative estimate of drug-likeness (QED) is 0.811. The number of carboxylic acids is 1. The van der Waals surface area contributed by atoms with Crippen LogP contribution >= 0.6 is 11.6 Å². The lowest BCUT2D eigenvalue weighted by Gasteiger charge is -2.09. The van der Waals surface area contributed by atoms with Crippen molar-refractivity contribution in [3.63, 3.8) is 0 Å². The maximum Gasteiger partial charge on any atom is 0.335 e. The van der Waals surface area contributed by atoms with Crippen LogP contribution in [0.15, 0.2) is 30.4 Å². The van der Waals surface area contributed by atoms with Crippen LogP contribution in [0.25, 0.3) is 5.57 Å². The Kier molecular flexibility index (Phi) is 4.53. The minimum Gasteiger partial charge on any atom is -0.478 e. The fourth-order valence-electron chi connectivity index (χ4n) is 1.62. The molecule has 0 bridgehead atoms. The fraction of sp³-hybridized carbons (Fsp3) is 0.214. The Labute approximate surface area is 106 Å². The summed E-state index contributed by atoms with van der Waals surface area (Å²) >= 11 is 6.21. The van der Waals surface area contributed by atoms with Crippen molar-refractivity contribution in [2.75, 3.05) is 0 Å². The normalized spacial score (nSPS) is 12.1. The molecular formula is C14H15ClO2. The van der Waals surface area contributed by atoms with Gasteiger partial charge in [-0.15, -0.1) is 0 Å². The van der Waals surface area contributed by atoms with Gasteiger partial charge in [0.1, 0.15) is 0 Å². The molecule has 0 atom stereocenters. The van der Waals surface area contributed by atoms with E-state index in [4.69, 9.17) is 16.7 Å². The van der Waals surface area contributed by atoms with E-state index in [1.54, 1.807) is 19.1 Å². The summed E-state index contributed by atoms with van der Waals surface area (Å²) in [6.45, 7) is 5.61. The maximum absolute atomic E-state index is 11.0. The molecule has 0 amide bonds. The van der Waals surface area contributed by atoms with Gasteiger partial charge in [0.2, 0.25) is 0 Å². The zero-order chi connectivity index (χ0) is 13.0. The van der Waals surface area contributed by atoms with Crippen molar-refractivity contribution in [3.8, 4) is 0 Å². The Morgan fingerprint density at radius 2 is 2.00 bits per heavy atom. The second-order valence-corrected chi connectivity index (χ2v) is 4.08. The van der Waals surface area contributed by atoms with E-state index in [9.17, 15) is 4.79 Å². The van der Waals surface area contributed by atoms with E-state index in [0.717, 1.165) is 16.7 Å². The highest BCUT2D eigenvalue weighted by Gasteiger charge is 2.12. The number of carbonyl (C=O) groups is 1. The fourth-order valence-corrected chi connectivity index (χ4v) is 1.84. The van der Waals surface area contributed by atoms with Gasteiger partial charge in [0.15, 0.2) is 0 Å². The molecule has 1 aromatic carbocycles. The highest BCUT2D eigenvalue weighted by Crippen LogP contribution is 2.29. The van der Waals surface area contributed by atoms with Crippen molar-refractivity contribution >= 4 is 23.1 Å². The molecule has 0 heterocycles. The van der Waals surface area contributed by atoms with Crippen LogP contribution in [0.5, 0.6) is 0 Å². The monoisotopic (exact) mass is 250 g/mol. The summed E-state index contributed by atoms with van der Waals surface area (Å²) < 4.78 is 0. The molecule has 2 nitrogen and oxygen atoms in total. The molecule has 17 heavy (non-hydrogen) atoms. The number of aromatic carboxylic acids is 1. The van der Waals surface area contributed by atoms with Gasteiger partial charge in [0.05, 0.1) is 10.6 Å². The summed E-state index contributed by atoms with van der Waals surface area (Å²) in [6.07, 6.45) is 5.72. The third-order valence-corrected chi connectivity index (χ3v) is 2.97. The van der Waals surface area contributed by atoms with E-state index in [-0.39, 0.29) is 5.56 Å². The van der Waals surface area contributed by atoms with Crippen LogP contribution in [0.3, 0.4) is 0 Å².